The van der Waals surface area contributed by atoms with Gasteiger partial charge in [-0.25, -0.2) is 0 Å². The minimum Gasteiger partial charge on any atom is -0.481 e. The predicted octanol–water partition coefficient (Wildman–Crippen LogP) is 4.43. The van der Waals surface area contributed by atoms with E-state index in [1.807, 2.05) is 12.2 Å². The van der Waals surface area contributed by atoms with Gasteiger partial charge in [-0.3, -0.25) is 4.79 Å². The number of nitrogens with zero attached hydrogens (tertiary/aromatic N) is 1. The van der Waals surface area contributed by atoms with E-state index in [1.165, 1.54) is 0 Å². The van der Waals surface area contributed by atoms with E-state index >= 15 is 0 Å². The Hall–Kier alpha value is -1.42. The summed E-state index contributed by atoms with van der Waals surface area (Å²) in [7, 11) is 0. The first-order valence-corrected chi connectivity index (χ1v) is 11.3. The molecule has 0 aromatic heterocycles. The highest BCUT2D eigenvalue weighted by Gasteiger charge is 2.56. The number of hydrogen-bond acceptors (Lipinski definition) is 5. The van der Waals surface area contributed by atoms with Crippen LogP contribution in [0.3, 0.4) is 0 Å². The number of aliphatic carboxylic acids is 1. The van der Waals surface area contributed by atoms with Crippen LogP contribution in [0.5, 0.6) is 0 Å². The van der Waals surface area contributed by atoms with Crippen LogP contribution < -0.4 is 0 Å². The third-order valence-electron chi connectivity index (χ3n) is 6.26. The molecule has 1 aliphatic carbocycles. The normalized spacial score (nSPS) is 26.9. The van der Waals surface area contributed by atoms with E-state index in [-0.39, 0.29) is 24.2 Å². The van der Waals surface area contributed by atoms with E-state index in [0.29, 0.717) is 26.1 Å². The Labute approximate surface area is 174 Å². The largest absolute Gasteiger partial charge is 0.481 e. The van der Waals surface area contributed by atoms with Crippen LogP contribution in [-0.4, -0.2) is 41.3 Å². The molecule has 0 aromatic rings. The van der Waals surface area contributed by atoms with Gasteiger partial charge in [-0.15, -0.1) is 0 Å². The quantitative estimate of drug-likeness (QED) is 0.346. The maximum atomic E-state index is 10.6. The fourth-order valence-corrected chi connectivity index (χ4v) is 4.73. The lowest BCUT2D eigenvalue weighted by Crippen LogP contribution is -2.36. The molecular formula is C23H37NO5. The first kappa shape index (κ1) is 23.9. The zero-order chi connectivity index (χ0) is 21.1. The third kappa shape index (κ3) is 7.09. The van der Waals surface area contributed by atoms with Gasteiger partial charge in [0.1, 0.15) is 0 Å². The standard InChI is InChI=1S/C23H37NO5/c1-2-3-6-9-19(25)12-13-20-18(17-24)16-23(28-14-15-29-23)21(20)10-7-4-5-8-11-22(26)27/h12-13,18-21,25H,2-11,14-16H2,1H3,(H,26,27)/t18?,19-,20-,21+/m1/s1. The Morgan fingerprint density at radius 1 is 1.21 bits per heavy atom. The molecule has 2 N–H and O–H groups in total. The molecule has 6 nitrogen and oxygen atoms in total. The Bertz CT molecular complexity index is 564. The number of nitriles is 1. The molecule has 1 saturated carbocycles. The van der Waals surface area contributed by atoms with Gasteiger partial charge in [-0.05, 0) is 19.3 Å². The number of carbonyl (C=O) groups is 1. The molecule has 0 aromatic carbocycles. The maximum Gasteiger partial charge on any atom is 0.303 e. The van der Waals surface area contributed by atoms with Gasteiger partial charge in [0, 0.05) is 24.7 Å². The Morgan fingerprint density at radius 3 is 2.59 bits per heavy atom. The van der Waals surface area contributed by atoms with E-state index < -0.39 is 17.9 Å². The number of ether oxygens (including phenoxy) is 2. The lowest BCUT2D eigenvalue weighted by molar-refractivity contribution is -0.186. The summed E-state index contributed by atoms with van der Waals surface area (Å²) in [6, 6.07) is 2.44. The summed E-state index contributed by atoms with van der Waals surface area (Å²) in [5.74, 6) is -1.49. The van der Waals surface area contributed by atoms with Gasteiger partial charge < -0.3 is 19.7 Å². The Balaban J connectivity index is 1.97. The second-order valence-corrected chi connectivity index (χ2v) is 8.43. The molecule has 2 rings (SSSR count). The molecule has 29 heavy (non-hydrogen) atoms. The molecule has 0 radical (unpaired) electrons. The molecule has 1 saturated heterocycles. The third-order valence-corrected chi connectivity index (χ3v) is 6.26. The van der Waals surface area contributed by atoms with Gasteiger partial charge in [0.25, 0.3) is 0 Å². The number of unbranched alkanes of at least 4 members (excludes halogenated alkanes) is 5. The molecule has 1 aliphatic heterocycles. The van der Waals surface area contributed by atoms with Gasteiger partial charge in [-0.2, -0.15) is 5.26 Å². The first-order valence-electron chi connectivity index (χ1n) is 11.3. The van der Waals surface area contributed by atoms with Crippen LogP contribution in [0.25, 0.3) is 0 Å². The second-order valence-electron chi connectivity index (χ2n) is 8.43. The highest BCUT2D eigenvalue weighted by atomic mass is 16.7. The Kier molecular flexibility index (Phi) is 10.1. The van der Waals surface area contributed by atoms with Crippen LogP contribution in [-0.2, 0) is 14.3 Å². The summed E-state index contributed by atoms with van der Waals surface area (Å²) in [6.07, 6.45) is 12.6. The molecule has 164 valence electrons. The number of allylic oxidation sites excluding steroid dienone is 1. The van der Waals surface area contributed by atoms with E-state index in [4.69, 9.17) is 14.6 Å². The average molecular weight is 408 g/mol. The van der Waals surface area contributed by atoms with E-state index in [0.717, 1.165) is 51.4 Å². The zero-order valence-corrected chi connectivity index (χ0v) is 17.7. The lowest BCUT2D eigenvalue weighted by Gasteiger charge is -2.31. The molecule has 1 spiro atoms. The van der Waals surface area contributed by atoms with E-state index in [1.54, 1.807) is 0 Å². The smallest absolute Gasteiger partial charge is 0.303 e. The summed E-state index contributed by atoms with van der Waals surface area (Å²) in [5.41, 5.74) is 0. The fourth-order valence-electron chi connectivity index (χ4n) is 4.73. The number of carboxylic acids is 1. The molecule has 6 heteroatoms. The molecular weight excluding hydrogens is 370 g/mol. The van der Waals surface area contributed by atoms with Crippen molar-refractivity contribution in [1.82, 2.24) is 0 Å². The van der Waals surface area contributed by atoms with Crippen LogP contribution >= 0.6 is 0 Å². The number of aliphatic hydroxyl groups excluding tert-OH is 1. The fraction of sp³-hybridized carbons (Fsp3) is 0.826. The minimum absolute atomic E-state index is 0.0120. The minimum atomic E-state index is -0.743. The highest BCUT2D eigenvalue weighted by molar-refractivity contribution is 5.66. The predicted molar refractivity (Wildman–Crippen MR) is 110 cm³/mol. The van der Waals surface area contributed by atoms with Crippen molar-refractivity contribution in [3.8, 4) is 6.07 Å². The average Bonchev–Trinajstić information content (AvgIpc) is 3.28. The van der Waals surface area contributed by atoms with Gasteiger partial charge >= 0.3 is 5.97 Å². The first-order chi connectivity index (χ1) is 14.0. The van der Waals surface area contributed by atoms with E-state index in [9.17, 15) is 15.2 Å². The summed E-state index contributed by atoms with van der Waals surface area (Å²) >= 11 is 0. The summed E-state index contributed by atoms with van der Waals surface area (Å²) in [6.45, 7) is 3.26. The van der Waals surface area contributed by atoms with Crippen molar-refractivity contribution >= 4 is 5.97 Å². The van der Waals surface area contributed by atoms with Crippen molar-refractivity contribution in [2.24, 2.45) is 17.8 Å². The van der Waals surface area contributed by atoms with Crippen LogP contribution in [0, 0.1) is 29.1 Å². The number of carboxylic acid groups (broad SMARTS) is 1. The number of rotatable bonds is 13. The molecule has 0 bridgehead atoms. The van der Waals surface area contributed by atoms with Crippen molar-refractivity contribution in [2.45, 2.75) is 89.4 Å². The zero-order valence-electron chi connectivity index (χ0n) is 17.7. The summed E-state index contributed by atoms with van der Waals surface area (Å²) in [5, 5.41) is 28.7. The molecule has 1 heterocycles. The SMILES string of the molecule is CCCCC[C@@H](O)C=C[C@@H]1C(C#N)CC2(OCCO2)[C@H]1CCCCCCC(=O)O. The van der Waals surface area contributed by atoms with Crippen LogP contribution in [0.1, 0.15) is 77.6 Å². The summed E-state index contributed by atoms with van der Waals surface area (Å²) < 4.78 is 12.0. The van der Waals surface area contributed by atoms with Crippen molar-refractivity contribution < 1.29 is 24.5 Å². The molecule has 2 fully saturated rings. The van der Waals surface area contributed by atoms with E-state index in [2.05, 4.69) is 13.0 Å². The van der Waals surface area contributed by atoms with Crippen molar-refractivity contribution in [3.05, 3.63) is 12.2 Å². The number of aliphatic hydroxyl groups is 1. The van der Waals surface area contributed by atoms with Crippen LogP contribution in [0.4, 0.5) is 0 Å². The molecule has 1 unspecified atom stereocenters. The molecule has 4 atom stereocenters. The van der Waals surface area contributed by atoms with Gasteiger partial charge in [0.05, 0.1) is 31.3 Å². The maximum absolute atomic E-state index is 10.6. The summed E-state index contributed by atoms with van der Waals surface area (Å²) in [4.78, 5) is 10.6. The highest BCUT2D eigenvalue weighted by Crippen LogP contribution is 2.51. The van der Waals surface area contributed by atoms with Crippen molar-refractivity contribution in [2.75, 3.05) is 13.2 Å². The van der Waals surface area contributed by atoms with Gasteiger partial charge in [0.15, 0.2) is 5.79 Å². The molecule has 2 aliphatic rings. The second kappa shape index (κ2) is 12.3. The van der Waals surface area contributed by atoms with Gasteiger partial charge in [-0.1, -0.05) is 57.6 Å². The topological polar surface area (TPSA) is 99.8 Å². The van der Waals surface area contributed by atoms with Crippen molar-refractivity contribution in [1.29, 1.82) is 5.26 Å². The van der Waals surface area contributed by atoms with Crippen LogP contribution in [0.15, 0.2) is 12.2 Å². The number of hydrogen-bond donors (Lipinski definition) is 2. The molecule has 0 amide bonds. The van der Waals surface area contributed by atoms with Gasteiger partial charge in [0.2, 0.25) is 0 Å². The van der Waals surface area contributed by atoms with Crippen LogP contribution in [0.2, 0.25) is 0 Å². The Morgan fingerprint density at radius 2 is 1.93 bits per heavy atom. The van der Waals surface area contributed by atoms with Crippen molar-refractivity contribution in [3.63, 3.8) is 0 Å². The monoisotopic (exact) mass is 407 g/mol. The lowest BCUT2D eigenvalue weighted by atomic mass is 9.84.